The smallest absolute Gasteiger partial charge is 0.244 e. The van der Waals surface area contributed by atoms with E-state index in [9.17, 15) is 4.79 Å². The highest BCUT2D eigenvalue weighted by molar-refractivity contribution is 5.93. The number of methoxy groups -OCH3 is 1. The molecule has 0 aliphatic heterocycles. The van der Waals surface area contributed by atoms with Gasteiger partial charge in [-0.25, -0.2) is 0 Å². The first-order valence-corrected chi connectivity index (χ1v) is 10.6. The summed E-state index contributed by atoms with van der Waals surface area (Å²) in [6.45, 7) is 5.20. The van der Waals surface area contributed by atoms with Crippen LogP contribution in [0.5, 0.6) is 5.75 Å². The van der Waals surface area contributed by atoms with E-state index in [1.807, 2.05) is 73.1 Å². The summed E-state index contributed by atoms with van der Waals surface area (Å²) in [5, 5.41) is 9.84. The Morgan fingerprint density at radius 3 is 2.56 bits per heavy atom. The number of aryl methyl sites for hydroxylation is 1. The lowest BCUT2D eigenvalue weighted by atomic mass is 10.1. The molecule has 4 aromatic rings. The van der Waals surface area contributed by atoms with Gasteiger partial charge in [-0.1, -0.05) is 48.5 Å². The Kier molecular flexibility index (Phi) is 6.36. The van der Waals surface area contributed by atoms with Crippen molar-refractivity contribution in [2.24, 2.45) is 0 Å². The van der Waals surface area contributed by atoms with Gasteiger partial charge in [0, 0.05) is 23.9 Å². The molecular weight excluding hydrogens is 398 g/mol. The Hall–Kier alpha value is -3.86. The Bertz CT molecular complexity index is 1270. The van der Waals surface area contributed by atoms with Crippen molar-refractivity contribution in [1.82, 2.24) is 15.1 Å². The summed E-state index contributed by atoms with van der Waals surface area (Å²) >= 11 is 0. The highest BCUT2D eigenvalue weighted by Gasteiger charge is 2.12. The van der Waals surface area contributed by atoms with Gasteiger partial charge in [0.15, 0.2) is 0 Å². The van der Waals surface area contributed by atoms with Crippen LogP contribution in [-0.4, -0.2) is 22.8 Å². The number of hydrogen-bond acceptors (Lipinski definition) is 3. The summed E-state index contributed by atoms with van der Waals surface area (Å²) in [5.74, 6) is 0.701. The normalized spacial score (nSPS) is 11.2. The summed E-state index contributed by atoms with van der Waals surface area (Å²) in [6, 6.07) is 22.3. The van der Waals surface area contributed by atoms with Crippen LogP contribution in [-0.2, 0) is 17.9 Å². The topological polar surface area (TPSA) is 56.1 Å². The molecule has 0 aliphatic carbocycles. The van der Waals surface area contributed by atoms with Crippen molar-refractivity contribution in [3.63, 3.8) is 0 Å². The molecule has 4 rings (SSSR count). The predicted molar refractivity (Wildman–Crippen MR) is 129 cm³/mol. The molecule has 0 radical (unpaired) electrons. The zero-order chi connectivity index (χ0) is 22.5. The molecule has 0 atom stereocenters. The van der Waals surface area contributed by atoms with Crippen molar-refractivity contribution < 1.29 is 9.53 Å². The summed E-state index contributed by atoms with van der Waals surface area (Å²) in [7, 11) is 1.66. The van der Waals surface area contributed by atoms with E-state index < -0.39 is 0 Å². The average Bonchev–Trinajstić information content (AvgIpc) is 3.08. The van der Waals surface area contributed by atoms with Gasteiger partial charge in [-0.2, -0.15) is 5.10 Å². The third-order valence-corrected chi connectivity index (χ3v) is 5.64. The van der Waals surface area contributed by atoms with Crippen molar-refractivity contribution in [2.75, 3.05) is 7.11 Å². The standard InChI is InChI=1S/C27H27N3O2/c1-19-26(20(2)30(29-19)18-22-7-5-4-6-8-22)17-28-27(31)14-10-21-9-11-24-16-25(32-3)13-12-23(24)15-21/h4-16H,17-18H2,1-3H3,(H,28,31)/b14-10+. The Morgan fingerprint density at radius 2 is 1.78 bits per heavy atom. The lowest BCUT2D eigenvalue weighted by Crippen LogP contribution is -2.21. The van der Waals surface area contributed by atoms with Gasteiger partial charge >= 0.3 is 0 Å². The molecule has 1 heterocycles. The lowest BCUT2D eigenvalue weighted by Gasteiger charge is -2.06. The minimum Gasteiger partial charge on any atom is -0.497 e. The minimum absolute atomic E-state index is 0.130. The molecule has 1 amide bonds. The average molecular weight is 426 g/mol. The third-order valence-electron chi connectivity index (χ3n) is 5.64. The fourth-order valence-corrected chi connectivity index (χ4v) is 3.78. The molecule has 5 nitrogen and oxygen atoms in total. The van der Waals surface area contributed by atoms with Gasteiger partial charge in [0.05, 0.1) is 19.3 Å². The maximum absolute atomic E-state index is 12.4. The van der Waals surface area contributed by atoms with E-state index in [0.717, 1.165) is 45.6 Å². The van der Waals surface area contributed by atoms with Crippen LogP contribution in [0.4, 0.5) is 0 Å². The molecule has 0 unspecified atom stereocenters. The van der Waals surface area contributed by atoms with Crippen molar-refractivity contribution >= 4 is 22.8 Å². The number of carbonyl (C=O) groups excluding carboxylic acids is 1. The number of benzene rings is 3. The number of nitrogens with one attached hydrogen (secondary N) is 1. The summed E-state index contributed by atoms with van der Waals surface area (Å²) in [5.41, 5.74) is 5.24. The van der Waals surface area contributed by atoms with E-state index >= 15 is 0 Å². The summed E-state index contributed by atoms with van der Waals surface area (Å²) < 4.78 is 7.26. The number of nitrogens with zero attached hydrogens (tertiary/aromatic N) is 2. The molecular formula is C27H27N3O2. The molecule has 0 fully saturated rings. The number of amides is 1. The van der Waals surface area contributed by atoms with E-state index in [1.54, 1.807) is 13.2 Å². The Balaban J connectivity index is 1.39. The third kappa shape index (κ3) is 4.89. The molecule has 1 aromatic heterocycles. The fourth-order valence-electron chi connectivity index (χ4n) is 3.78. The minimum atomic E-state index is -0.130. The van der Waals surface area contributed by atoms with Gasteiger partial charge < -0.3 is 10.1 Å². The first-order valence-electron chi connectivity index (χ1n) is 10.6. The molecule has 0 saturated carbocycles. The van der Waals surface area contributed by atoms with E-state index in [-0.39, 0.29) is 5.91 Å². The number of ether oxygens (including phenoxy) is 1. The van der Waals surface area contributed by atoms with Crippen molar-refractivity contribution in [1.29, 1.82) is 0 Å². The second kappa shape index (κ2) is 9.52. The van der Waals surface area contributed by atoms with Crippen LogP contribution in [0.3, 0.4) is 0 Å². The number of fused-ring (bicyclic) bond motifs is 1. The van der Waals surface area contributed by atoms with Crippen LogP contribution in [0.1, 0.15) is 28.1 Å². The molecule has 0 saturated heterocycles. The van der Waals surface area contributed by atoms with Crippen LogP contribution in [0.15, 0.2) is 72.8 Å². The van der Waals surface area contributed by atoms with E-state index in [2.05, 4.69) is 28.6 Å². The van der Waals surface area contributed by atoms with Gasteiger partial charge in [0.2, 0.25) is 5.91 Å². The molecule has 3 aromatic carbocycles. The molecule has 0 spiro atoms. The monoisotopic (exact) mass is 425 g/mol. The van der Waals surface area contributed by atoms with Crippen LogP contribution in [0.2, 0.25) is 0 Å². The highest BCUT2D eigenvalue weighted by atomic mass is 16.5. The van der Waals surface area contributed by atoms with Gasteiger partial charge in [-0.3, -0.25) is 9.48 Å². The number of hydrogen-bond donors (Lipinski definition) is 1. The Labute approximate surface area is 188 Å². The van der Waals surface area contributed by atoms with Crippen LogP contribution >= 0.6 is 0 Å². The zero-order valence-corrected chi connectivity index (χ0v) is 18.6. The van der Waals surface area contributed by atoms with Crippen LogP contribution in [0, 0.1) is 13.8 Å². The van der Waals surface area contributed by atoms with E-state index in [4.69, 9.17) is 4.74 Å². The van der Waals surface area contributed by atoms with Crippen molar-refractivity contribution in [2.45, 2.75) is 26.9 Å². The molecule has 162 valence electrons. The maximum atomic E-state index is 12.4. The highest BCUT2D eigenvalue weighted by Crippen LogP contribution is 2.22. The quantitative estimate of drug-likeness (QED) is 0.422. The van der Waals surface area contributed by atoms with Crippen molar-refractivity contribution in [3.8, 4) is 5.75 Å². The first-order chi connectivity index (χ1) is 15.5. The van der Waals surface area contributed by atoms with Gasteiger partial charge in [0.25, 0.3) is 0 Å². The first kappa shape index (κ1) is 21.4. The molecule has 0 aliphatic rings. The summed E-state index contributed by atoms with van der Waals surface area (Å²) in [6.07, 6.45) is 3.40. The second-order valence-corrected chi connectivity index (χ2v) is 7.82. The molecule has 5 heteroatoms. The lowest BCUT2D eigenvalue weighted by molar-refractivity contribution is -0.116. The van der Waals surface area contributed by atoms with E-state index in [1.165, 1.54) is 5.56 Å². The number of aromatic nitrogens is 2. The maximum Gasteiger partial charge on any atom is 0.244 e. The van der Waals surface area contributed by atoms with Crippen LogP contribution in [0.25, 0.3) is 16.8 Å². The SMILES string of the molecule is COc1ccc2cc(/C=C/C(=O)NCc3c(C)nn(Cc4ccccc4)c3C)ccc2c1. The number of rotatable bonds is 7. The van der Waals surface area contributed by atoms with Gasteiger partial charge in [-0.05, 0) is 60.0 Å². The number of carbonyl (C=O) groups is 1. The van der Waals surface area contributed by atoms with Crippen molar-refractivity contribution in [3.05, 3.63) is 101 Å². The zero-order valence-electron chi connectivity index (χ0n) is 18.6. The fraction of sp³-hybridized carbons (Fsp3) is 0.185. The largest absolute Gasteiger partial charge is 0.497 e. The Morgan fingerprint density at radius 1 is 1.03 bits per heavy atom. The van der Waals surface area contributed by atoms with E-state index in [0.29, 0.717) is 6.54 Å². The van der Waals surface area contributed by atoms with Gasteiger partial charge in [0.1, 0.15) is 5.75 Å². The molecule has 0 bridgehead atoms. The predicted octanol–water partition coefficient (Wildman–Crippen LogP) is 5.04. The summed E-state index contributed by atoms with van der Waals surface area (Å²) in [4.78, 5) is 12.4. The second-order valence-electron chi connectivity index (χ2n) is 7.82. The van der Waals surface area contributed by atoms with Gasteiger partial charge in [-0.15, -0.1) is 0 Å². The molecule has 1 N–H and O–H groups in total. The van der Waals surface area contributed by atoms with Crippen LogP contribution < -0.4 is 10.1 Å². The molecule has 32 heavy (non-hydrogen) atoms.